The lowest BCUT2D eigenvalue weighted by Crippen LogP contribution is -2.36. The van der Waals surface area contributed by atoms with Gasteiger partial charge in [0, 0.05) is 13.1 Å². The molecule has 0 aliphatic heterocycles. The van der Waals surface area contributed by atoms with Crippen molar-refractivity contribution in [1.29, 1.82) is 0 Å². The molecule has 0 radical (unpaired) electrons. The molecular weight excluding hydrogens is 192 g/mol. The van der Waals surface area contributed by atoms with Crippen molar-refractivity contribution in [2.45, 2.75) is 0 Å². The summed E-state index contributed by atoms with van der Waals surface area (Å²) in [6, 6.07) is 8.55. The first-order valence-corrected chi connectivity index (χ1v) is 4.41. The van der Waals surface area contributed by atoms with Crippen LogP contribution in [-0.2, 0) is 4.79 Å². The molecule has 0 unspecified atom stereocenters. The third-order valence-corrected chi connectivity index (χ3v) is 1.88. The second-order valence-electron chi connectivity index (χ2n) is 2.98. The number of nitrogens with zero attached hydrogens (tertiary/aromatic N) is 1. The van der Waals surface area contributed by atoms with Crippen molar-refractivity contribution in [3.05, 3.63) is 42.0 Å². The molecule has 1 rings (SSSR count). The van der Waals surface area contributed by atoms with Gasteiger partial charge in [0.25, 0.3) is 5.91 Å². The maximum absolute atomic E-state index is 11.3. The molecule has 0 atom stereocenters. The summed E-state index contributed by atoms with van der Waals surface area (Å²) in [7, 11) is 1.33. The number of carbonyl (C=O) groups excluding carboxylic acids is 2. The van der Waals surface area contributed by atoms with E-state index in [0.717, 1.165) is 10.5 Å². The maximum Gasteiger partial charge on any atom is 0.321 e. The number of imide groups is 1. The van der Waals surface area contributed by atoms with Gasteiger partial charge in [-0.25, -0.2) is 4.79 Å². The quantitative estimate of drug-likeness (QED) is 0.736. The van der Waals surface area contributed by atoms with Gasteiger partial charge in [0.05, 0.1) is 0 Å². The van der Waals surface area contributed by atoms with Crippen LogP contribution in [0.3, 0.4) is 0 Å². The maximum atomic E-state index is 11.3. The minimum absolute atomic E-state index is 0.439. The Balaban J connectivity index is 2.67. The van der Waals surface area contributed by atoms with Crippen LogP contribution in [0.4, 0.5) is 4.79 Å². The van der Waals surface area contributed by atoms with Crippen molar-refractivity contribution in [2.75, 3.05) is 7.05 Å². The van der Waals surface area contributed by atoms with E-state index in [0.29, 0.717) is 0 Å². The predicted molar refractivity (Wildman–Crippen MR) is 57.8 cm³/mol. The fraction of sp³-hybridized carbons (Fsp3) is 0.0909. The Kier molecular flexibility index (Phi) is 3.62. The highest BCUT2D eigenvalue weighted by molar-refractivity contribution is 6.01. The molecule has 0 aliphatic carbocycles. The van der Waals surface area contributed by atoms with Gasteiger partial charge in [-0.15, -0.1) is 0 Å². The summed E-state index contributed by atoms with van der Waals surface area (Å²) in [5.74, 6) is -0.439. The molecule has 2 N–H and O–H groups in total. The zero-order valence-corrected chi connectivity index (χ0v) is 8.38. The molecule has 78 valence electrons. The molecular formula is C11H12N2O2. The van der Waals surface area contributed by atoms with Crippen LogP contribution in [0.2, 0.25) is 0 Å². The highest BCUT2D eigenvalue weighted by Crippen LogP contribution is 2.01. The monoisotopic (exact) mass is 204 g/mol. The lowest BCUT2D eigenvalue weighted by atomic mass is 10.2. The van der Waals surface area contributed by atoms with E-state index in [4.69, 9.17) is 5.73 Å². The number of hydrogen-bond donors (Lipinski definition) is 1. The second-order valence-corrected chi connectivity index (χ2v) is 2.98. The SMILES string of the molecule is CN(C(N)=O)C(=O)/C=C/c1ccccc1. The van der Waals surface area contributed by atoms with Gasteiger partial charge in [-0.2, -0.15) is 0 Å². The second kappa shape index (κ2) is 4.95. The van der Waals surface area contributed by atoms with Crippen molar-refractivity contribution in [2.24, 2.45) is 5.73 Å². The summed E-state index contributed by atoms with van der Waals surface area (Å²) in [6.07, 6.45) is 2.93. The number of benzene rings is 1. The molecule has 4 nitrogen and oxygen atoms in total. The number of amides is 3. The number of likely N-dealkylation sites (N-methyl/N-ethyl adjacent to an activating group) is 1. The summed E-state index contributed by atoms with van der Waals surface area (Å²) >= 11 is 0. The van der Waals surface area contributed by atoms with Crippen LogP contribution in [0.1, 0.15) is 5.56 Å². The van der Waals surface area contributed by atoms with E-state index in [2.05, 4.69) is 0 Å². The van der Waals surface area contributed by atoms with Crippen LogP contribution < -0.4 is 5.73 Å². The first-order chi connectivity index (χ1) is 7.11. The molecule has 1 aromatic carbocycles. The van der Waals surface area contributed by atoms with E-state index in [-0.39, 0.29) is 0 Å². The smallest absolute Gasteiger partial charge is 0.321 e. The third-order valence-electron chi connectivity index (χ3n) is 1.88. The molecule has 0 saturated heterocycles. The van der Waals surface area contributed by atoms with E-state index < -0.39 is 11.9 Å². The number of rotatable bonds is 2. The number of carbonyl (C=O) groups is 2. The topological polar surface area (TPSA) is 63.4 Å². The van der Waals surface area contributed by atoms with Gasteiger partial charge in [0.2, 0.25) is 0 Å². The van der Waals surface area contributed by atoms with Crippen molar-refractivity contribution >= 4 is 18.0 Å². The minimum Gasteiger partial charge on any atom is -0.351 e. The lowest BCUT2D eigenvalue weighted by molar-refractivity contribution is -0.122. The Hall–Kier alpha value is -2.10. The normalized spacial score (nSPS) is 10.2. The fourth-order valence-electron chi connectivity index (χ4n) is 0.952. The summed E-state index contributed by atoms with van der Waals surface area (Å²) in [5.41, 5.74) is 5.83. The summed E-state index contributed by atoms with van der Waals surface area (Å²) in [4.78, 5) is 22.8. The molecule has 0 spiro atoms. The van der Waals surface area contributed by atoms with Gasteiger partial charge in [0.15, 0.2) is 0 Å². The Labute approximate surface area is 88.0 Å². The molecule has 0 heterocycles. The third kappa shape index (κ3) is 3.27. The van der Waals surface area contributed by atoms with Crippen molar-refractivity contribution < 1.29 is 9.59 Å². The molecule has 0 aliphatic rings. The van der Waals surface area contributed by atoms with Crippen LogP contribution in [0.25, 0.3) is 6.08 Å². The van der Waals surface area contributed by atoms with Crippen LogP contribution >= 0.6 is 0 Å². The standard InChI is InChI=1S/C11H12N2O2/c1-13(11(12)15)10(14)8-7-9-5-3-2-4-6-9/h2-8H,1H3,(H2,12,15)/b8-7+. The fourth-order valence-corrected chi connectivity index (χ4v) is 0.952. The number of hydrogen-bond acceptors (Lipinski definition) is 2. The van der Waals surface area contributed by atoms with E-state index in [1.165, 1.54) is 13.1 Å². The van der Waals surface area contributed by atoms with Crippen molar-refractivity contribution in [3.63, 3.8) is 0 Å². The highest BCUT2D eigenvalue weighted by atomic mass is 16.2. The van der Waals surface area contributed by atoms with Crippen molar-refractivity contribution in [3.8, 4) is 0 Å². The Morgan fingerprint density at radius 3 is 2.40 bits per heavy atom. The van der Waals surface area contributed by atoms with Crippen LogP contribution in [0, 0.1) is 0 Å². The first kappa shape index (κ1) is 11.0. The van der Waals surface area contributed by atoms with E-state index >= 15 is 0 Å². The molecule has 0 fully saturated rings. The van der Waals surface area contributed by atoms with Gasteiger partial charge in [-0.3, -0.25) is 9.69 Å². The minimum atomic E-state index is -0.766. The summed E-state index contributed by atoms with van der Waals surface area (Å²) in [5, 5.41) is 0. The number of primary amides is 1. The molecule has 0 aromatic heterocycles. The van der Waals surface area contributed by atoms with Crippen LogP contribution in [-0.4, -0.2) is 23.9 Å². The zero-order chi connectivity index (χ0) is 11.3. The Morgan fingerprint density at radius 1 is 1.27 bits per heavy atom. The van der Waals surface area contributed by atoms with E-state index in [1.807, 2.05) is 30.3 Å². The molecule has 15 heavy (non-hydrogen) atoms. The van der Waals surface area contributed by atoms with Crippen molar-refractivity contribution in [1.82, 2.24) is 4.90 Å². The average Bonchev–Trinajstić information content (AvgIpc) is 2.26. The predicted octanol–water partition coefficient (Wildman–Crippen LogP) is 1.24. The van der Waals surface area contributed by atoms with Gasteiger partial charge in [0.1, 0.15) is 0 Å². The number of urea groups is 1. The molecule has 3 amide bonds. The van der Waals surface area contributed by atoms with Gasteiger partial charge in [-0.1, -0.05) is 30.3 Å². The van der Waals surface area contributed by atoms with Crippen LogP contribution in [0.15, 0.2) is 36.4 Å². The zero-order valence-electron chi connectivity index (χ0n) is 8.38. The average molecular weight is 204 g/mol. The first-order valence-electron chi connectivity index (χ1n) is 4.41. The Morgan fingerprint density at radius 2 is 1.87 bits per heavy atom. The lowest BCUT2D eigenvalue weighted by Gasteiger charge is -2.08. The molecule has 4 heteroatoms. The van der Waals surface area contributed by atoms with Gasteiger partial charge < -0.3 is 5.73 Å². The largest absolute Gasteiger partial charge is 0.351 e. The van der Waals surface area contributed by atoms with Crippen LogP contribution in [0.5, 0.6) is 0 Å². The summed E-state index contributed by atoms with van der Waals surface area (Å²) < 4.78 is 0. The number of nitrogens with two attached hydrogens (primary N) is 1. The highest BCUT2D eigenvalue weighted by Gasteiger charge is 2.08. The van der Waals surface area contributed by atoms with E-state index in [1.54, 1.807) is 6.08 Å². The van der Waals surface area contributed by atoms with E-state index in [9.17, 15) is 9.59 Å². The molecule has 0 bridgehead atoms. The summed E-state index contributed by atoms with van der Waals surface area (Å²) in [6.45, 7) is 0. The molecule has 1 aromatic rings. The molecule has 0 saturated carbocycles. The Bertz CT molecular complexity index is 385. The van der Waals surface area contributed by atoms with Gasteiger partial charge >= 0.3 is 6.03 Å². The van der Waals surface area contributed by atoms with Gasteiger partial charge in [-0.05, 0) is 11.6 Å².